The number of likely N-dealkylation sites (tertiary alicyclic amines) is 1. The summed E-state index contributed by atoms with van der Waals surface area (Å²) in [7, 11) is 0. The van der Waals surface area contributed by atoms with Crippen LogP contribution >= 0.6 is 11.3 Å². The van der Waals surface area contributed by atoms with Crippen LogP contribution in [0.3, 0.4) is 0 Å². The molecule has 6 fully saturated rings. The summed E-state index contributed by atoms with van der Waals surface area (Å²) in [5, 5.41) is 24.9. The number of hydrogen-bond acceptors (Lipinski definition) is 16. The van der Waals surface area contributed by atoms with E-state index < -0.39 is 23.9 Å². The molecule has 82 heavy (non-hydrogen) atoms. The topological polar surface area (TPSA) is 181 Å². The molecule has 430 valence electrons. The Morgan fingerprint density at radius 2 is 1.72 bits per heavy atom. The first-order chi connectivity index (χ1) is 39.8. The Hall–Kier alpha value is -6.64. The number of hydrogen-bond donors (Lipinski definition) is 3. The van der Waals surface area contributed by atoms with E-state index in [1.54, 1.807) is 17.5 Å². The zero-order valence-corrected chi connectivity index (χ0v) is 48.5. The lowest BCUT2D eigenvalue weighted by atomic mass is 9.91. The van der Waals surface area contributed by atoms with Crippen molar-refractivity contribution < 1.29 is 28.3 Å². The number of piperazine rings is 2. The summed E-state index contributed by atoms with van der Waals surface area (Å²) in [6.07, 6.45) is 8.30. The van der Waals surface area contributed by atoms with Gasteiger partial charge in [0.05, 0.1) is 39.2 Å². The Balaban J connectivity index is 0.655. The largest absolute Gasteiger partial charge is 0.461 e. The molecule has 6 aliphatic rings. The van der Waals surface area contributed by atoms with E-state index in [1.165, 1.54) is 4.90 Å². The molecule has 4 aromatic heterocycles. The van der Waals surface area contributed by atoms with Crippen LogP contribution in [0.4, 0.5) is 16.0 Å². The molecule has 2 bridgehead atoms. The average Bonchev–Trinajstić information content (AvgIpc) is 4.32. The predicted molar refractivity (Wildman–Crippen MR) is 317 cm³/mol. The highest BCUT2D eigenvalue weighted by Gasteiger charge is 2.51. The minimum Gasteiger partial charge on any atom is -0.461 e. The number of aryl methyl sites for hydroxylation is 2. The fourth-order valence-corrected chi connectivity index (χ4v) is 15.4. The number of halogens is 1. The van der Waals surface area contributed by atoms with Crippen LogP contribution < -0.4 is 25.2 Å². The molecular formula is C63H75FN12O5S. The van der Waals surface area contributed by atoms with E-state index in [9.17, 15) is 14.7 Å². The van der Waals surface area contributed by atoms with Crippen LogP contribution in [-0.2, 0) is 16.0 Å². The third kappa shape index (κ3) is 10.3. The number of rotatable bonds is 16. The number of aliphatic hydroxyl groups excluding tert-OH is 1. The molecule has 17 nitrogen and oxygen atoms in total. The van der Waals surface area contributed by atoms with Gasteiger partial charge in [0.2, 0.25) is 11.8 Å². The monoisotopic (exact) mass is 1130 g/mol. The van der Waals surface area contributed by atoms with E-state index >= 15 is 4.39 Å². The summed E-state index contributed by atoms with van der Waals surface area (Å²) in [6.45, 7) is 17.2. The summed E-state index contributed by atoms with van der Waals surface area (Å²) in [6, 6.07) is 22.4. The smallest absolute Gasteiger partial charge is 0.319 e. The van der Waals surface area contributed by atoms with Gasteiger partial charge in [0.25, 0.3) is 0 Å². The first-order valence-electron chi connectivity index (χ1n) is 29.8. The number of nitrogens with zero attached hydrogens (tertiary/aromatic N) is 10. The van der Waals surface area contributed by atoms with Crippen molar-refractivity contribution in [1.82, 2.24) is 50.4 Å². The number of benzene rings is 3. The van der Waals surface area contributed by atoms with Gasteiger partial charge < -0.3 is 39.7 Å². The maximum Gasteiger partial charge on any atom is 0.319 e. The van der Waals surface area contributed by atoms with Gasteiger partial charge in [-0.25, -0.2) is 9.37 Å². The number of carbonyl (C=O) groups excluding carboxylic acids is 2. The van der Waals surface area contributed by atoms with Gasteiger partial charge in [-0.1, -0.05) is 86.6 Å². The van der Waals surface area contributed by atoms with Crippen molar-refractivity contribution in [1.29, 1.82) is 0 Å². The quantitative estimate of drug-likeness (QED) is 0.0836. The molecule has 3 N–H and O–H groups in total. The van der Waals surface area contributed by atoms with Crippen LogP contribution in [0.5, 0.6) is 6.01 Å². The normalized spacial score (nSPS) is 24.7. The number of ether oxygens (including phenoxy) is 1. The van der Waals surface area contributed by atoms with Crippen molar-refractivity contribution in [3.05, 3.63) is 107 Å². The van der Waals surface area contributed by atoms with Crippen molar-refractivity contribution in [2.45, 2.75) is 134 Å². The van der Waals surface area contributed by atoms with E-state index in [4.69, 9.17) is 24.2 Å². The number of aromatic nitrogens is 5. The lowest BCUT2D eigenvalue weighted by Crippen LogP contribution is -2.53. The SMILES string of the molecule is CCc1cccc2cccc(-c3ncc4c(N5CC6CCC(C5)N6)nc(OC[C@@]56CCCN5[C@H](CN5CCN(c7cc([C@H](C(=O)N8C[C@H](O)C[C@H]8C(=O)N[C@@H](C)c8ccc(-c9scnc9C)cc8)C(C)C)on7)CC5)CC6)nc4c3F)c12. The van der Waals surface area contributed by atoms with Crippen LogP contribution in [0.15, 0.2) is 83.0 Å². The standard InChI is InChI=1S/C63H75FN12O5S/c1-6-40-10-7-11-42-12-8-13-48(54(40)42)56-55(64)57-49(30-65-56)59(74-31-44-18-19-45(32-74)68-44)70-62(69-57)80-35-63-21-9-23-76(63)46(20-22-63)33-72-24-26-73(27-25-72)52-29-51(81-71-52)53(37(2)3)61(79)75-34-47(77)28-50(75)60(78)67-38(4)41-14-16-43(17-15-41)58-39(5)66-36-82-58/h7-8,10-17,29-30,36-38,44-47,50,53,68,77H,6,9,18-28,31-35H2,1-5H3,(H,67,78)/t38-,44?,45?,46-,47+,50-,53+,63-/m0/s1. The number of thiazole rings is 1. The molecule has 6 aliphatic heterocycles. The van der Waals surface area contributed by atoms with Crippen LogP contribution in [-0.4, -0.2) is 158 Å². The molecule has 2 amide bonds. The van der Waals surface area contributed by atoms with Crippen molar-refractivity contribution in [3.63, 3.8) is 0 Å². The predicted octanol–water partition coefficient (Wildman–Crippen LogP) is 8.68. The molecule has 0 spiro atoms. The Morgan fingerprint density at radius 1 is 0.939 bits per heavy atom. The van der Waals surface area contributed by atoms with Gasteiger partial charge in [-0.3, -0.25) is 24.4 Å². The molecular weight excluding hydrogens is 1060 g/mol. The van der Waals surface area contributed by atoms with E-state index in [2.05, 4.69) is 71.6 Å². The molecule has 6 saturated heterocycles. The lowest BCUT2D eigenvalue weighted by molar-refractivity contribution is -0.141. The number of pyridine rings is 1. The Bertz CT molecular complexity index is 3480. The maximum atomic E-state index is 17.4. The minimum atomic E-state index is -0.822. The van der Waals surface area contributed by atoms with Crippen molar-refractivity contribution in [2.24, 2.45) is 5.92 Å². The van der Waals surface area contributed by atoms with Gasteiger partial charge in [-0.2, -0.15) is 9.97 Å². The van der Waals surface area contributed by atoms with E-state index in [1.807, 2.05) is 75.7 Å². The molecule has 3 aromatic carbocycles. The number of carbonyl (C=O) groups is 2. The van der Waals surface area contributed by atoms with Crippen LogP contribution in [0, 0.1) is 18.7 Å². The highest BCUT2D eigenvalue weighted by atomic mass is 32.1. The number of nitrogens with one attached hydrogen (secondary N) is 2. The molecule has 13 rings (SSSR count). The summed E-state index contributed by atoms with van der Waals surface area (Å²) < 4.78 is 30.1. The van der Waals surface area contributed by atoms with E-state index in [-0.39, 0.29) is 59.5 Å². The zero-order valence-electron chi connectivity index (χ0n) is 47.7. The highest BCUT2D eigenvalue weighted by molar-refractivity contribution is 7.13. The summed E-state index contributed by atoms with van der Waals surface area (Å²) in [4.78, 5) is 60.1. The number of aliphatic hydroxyl groups is 1. The van der Waals surface area contributed by atoms with Gasteiger partial charge in [-0.15, -0.1) is 11.3 Å². The third-order valence-corrected chi connectivity index (χ3v) is 19.8. The van der Waals surface area contributed by atoms with E-state index in [0.717, 1.165) is 141 Å². The number of β-amino-alcohol motifs (C(OH)–C–C–N with tert-alkyl or cyclic N) is 1. The minimum absolute atomic E-state index is 0.0674. The molecule has 0 aliphatic carbocycles. The molecule has 10 heterocycles. The number of fused-ring (bicyclic) bond motifs is 5. The van der Waals surface area contributed by atoms with Crippen molar-refractivity contribution in [2.75, 3.05) is 75.3 Å². The zero-order chi connectivity index (χ0) is 56.4. The van der Waals surface area contributed by atoms with Gasteiger partial charge >= 0.3 is 6.01 Å². The summed E-state index contributed by atoms with van der Waals surface area (Å²) in [5.74, 6) is -0.00605. The molecule has 7 aromatic rings. The number of anilines is 2. The summed E-state index contributed by atoms with van der Waals surface area (Å²) >= 11 is 1.60. The van der Waals surface area contributed by atoms with Crippen LogP contribution in [0.25, 0.3) is 43.4 Å². The lowest BCUT2D eigenvalue weighted by Gasteiger charge is -2.39. The van der Waals surface area contributed by atoms with Crippen molar-refractivity contribution in [3.8, 4) is 27.7 Å². The second kappa shape index (κ2) is 22.5. The van der Waals surface area contributed by atoms with Crippen molar-refractivity contribution >= 4 is 56.5 Å². The van der Waals surface area contributed by atoms with E-state index in [0.29, 0.717) is 47.5 Å². The molecule has 8 atom stereocenters. The number of amides is 2. The first-order valence-corrected chi connectivity index (χ1v) is 30.7. The Labute approximate surface area is 482 Å². The van der Waals surface area contributed by atoms with Crippen LogP contribution in [0.1, 0.15) is 107 Å². The third-order valence-electron chi connectivity index (χ3n) is 18.9. The Kier molecular flexibility index (Phi) is 15.0. The van der Waals surface area contributed by atoms with Gasteiger partial charge in [0.1, 0.15) is 35.6 Å². The van der Waals surface area contributed by atoms with Gasteiger partial charge in [-0.05, 0) is 98.7 Å². The van der Waals surface area contributed by atoms with Crippen LogP contribution in [0.2, 0.25) is 0 Å². The molecule has 0 radical (unpaired) electrons. The maximum absolute atomic E-state index is 17.4. The Morgan fingerprint density at radius 3 is 2.46 bits per heavy atom. The second-order valence-corrected chi connectivity index (χ2v) is 25.2. The molecule has 2 unspecified atom stereocenters. The fourth-order valence-electron chi connectivity index (χ4n) is 14.5. The molecule has 19 heteroatoms. The first kappa shape index (κ1) is 54.6. The average molecular weight is 1130 g/mol. The fraction of sp³-hybridized carbons (Fsp3) is 0.508. The summed E-state index contributed by atoms with van der Waals surface area (Å²) in [5.41, 5.74) is 7.12. The van der Waals surface area contributed by atoms with Gasteiger partial charge in [0, 0.05) is 94.7 Å². The highest BCUT2D eigenvalue weighted by Crippen LogP contribution is 2.44. The molecule has 0 saturated carbocycles. The van der Waals surface area contributed by atoms with Gasteiger partial charge in [0.15, 0.2) is 17.4 Å². The second-order valence-electron chi connectivity index (χ2n) is 24.3.